The van der Waals surface area contributed by atoms with E-state index in [4.69, 9.17) is 4.74 Å². The van der Waals surface area contributed by atoms with Gasteiger partial charge in [-0.2, -0.15) is 0 Å². The fourth-order valence-electron chi connectivity index (χ4n) is 2.63. The number of carbonyl (C=O) groups excluding carboxylic acids is 2. The summed E-state index contributed by atoms with van der Waals surface area (Å²) in [5, 5.41) is 0. The third kappa shape index (κ3) is 11.0. The molecule has 0 N–H and O–H groups in total. The predicted molar refractivity (Wildman–Crippen MR) is 91.9 cm³/mol. The number of quaternary nitrogens is 1. The van der Waals surface area contributed by atoms with Crippen LogP contribution < -0.4 is 24.0 Å². The number of allylic oxidation sites excluding steroid dienone is 1. The van der Waals surface area contributed by atoms with Crippen LogP contribution in [0.25, 0.3) is 0 Å². The van der Waals surface area contributed by atoms with Gasteiger partial charge in [0.25, 0.3) is 0 Å². The number of piperazine rings is 1. The molecule has 0 spiro atoms. The lowest BCUT2D eigenvalue weighted by molar-refractivity contribution is -0.894. The van der Waals surface area contributed by atoms with Gasteiger partial charge in [-0.15, -0.1) is 0 Å². The van der Waals surface area contributed by atoms with Gasteiger partial charge in [0.05, 0.1) is 46.9 Å². The van der Waals surface area contributed by atoms with Gasteiger partial charge < -0.3 is 38.1 Å². The fraction of sp³-hybridized carbons (Fsp3) is 0.778. The van der Waals surface area contributed by atoms with Crippen molar-refractivity contribution >= 4 is 11.9 Å². The van der Waals surface area contributed by atoms with Crippen LogP contribution >= 0.6 is 0 Å². The highest BCUT2D eigenvalue weighted by molar-refractivity contribution is 5.87. The normalized spacial score (nSPS) is 16.7. The van der Waals surface area contributed by atoms with E-state index >= 15 is 0 Å². The van der Waals surface area contributed by atoms with E-state index in [0.717, 1.165) is 69.2 Å². The minimum absolute atomic E-state index is 0. The Bertz CT molecular complexity index is 401. The predicted octanol–water partition coefficient (Wildman–Crippen LogP) is -0.631. The molecule has 0 aromatic rings. The summed E-state index contributed by atoms with van der Waals surface area (Å²) in [5.74, 6) is -0.0397. The summed E-state index contributed by atoms with van der Waals surface area (Å²) in [7, 11) is 4.42. The van der Waals surface area contributed by atoms with Crippen LogP contribution in [0.1, 0.15) is 45.4 Å². The van der Waals surface area contributed by atoms with E-state index in [1.54, 1.807) is 6.08 Å². The number of nitrogens with zero attached hydrogens (tertiary/aromatic N) is 2. The SMILES string of the molecule is CC(=O)OCCCCCCC/C=C/C(=O)N1CC[N+](C)(C)CC1.[I-]. The van der Waals surface area contributed by atoms with E-state index in [9.17, 15) is 9.59 Å². The monoisotopic (exact) mass is 452 g/mol. The van der Waals surface area contributed by atoms with Crippen molar-refractivity contribution in [1.82, 2.24) is 4.90 Å². The molecule has 0 radical (unpaired) electrons. The number of unbranched alkanes of at least 4 members (excludes halogenated alkanes) is 5. The van der Waals surface area contributed by atoms with Gasteiger partial charge >= 0.3 is 5.97 Å². The Balaban J connectivity index is 0.00000529. The molecule has 0 unspecified atom stereocenters. The summed E-state index contributed by atoms with van der Waals surface area (Å²) in [6.07, 6.45) is 10.2. The van der Waals surface area contributed by atoms with Crippen LogP contribution in [0.3, 0.4) is 0 Å². The molecule has 24 heavy (non-hydrogen) atoms. The molecule has 1 saturated heterocycles. The van der Waals surface area contributed by atoms with Gasteiger partial charge in [-0.3, -0.25) is 9.59 Å². The van der Waals surface area contributed by atoms with Crippen LogP contribution in [0.15, 0.2) is 12.2 Å². The van der Waals surface area contributed by atoms with Crippen molar-refractivity contribution in [3.63, 3.8) is 0 Å². The van der Waals surface area contributed by atoms with Crippen LogP contribution in [-0.4, -0.2) is 68.1 Å². The summed E-state index contributed by atoms with van der Waals surface area (Å²) in [6.45, 7) is 5.77. The minimum Gasteiger partial charge on any atom is -1.00 e. The lowest BCUT2D eigenvalue weighted by Crippen LogP contribution is -3.00. The molecule has 5 nitrogen and oxygen atoms in total. The van der Waals surface area contributed by atoms with Crippen LogP contribution in [0.2, 0.25) is 0 Å². The second-order valence-corrected chi connectivity index (χ2v) is 7.01. The van der Waals surface area contributed by atoms with Crippen molar-refractivity contribution in [2.75, 3.05) is 46.9 Å². The molecule has 0 aliphatic carbocycles. The first-order valence-electron chi connectivity index (χ1n) is 8.81. The highest BCUT2D eigenvalue weighted by atomic mass is 127. The molecule has 0 saturated carbocycles. The van der Waals surface area contributed by atoms with Gasteiger partial charge in [0.1, 0.15) is 0 Å². The molecule has 1 heterocycles. The smallest absolute Gasteiger partial charge is 0.302 e. The number of amides is 1. The summed E-state index contributed by atoms with van der Waals surface area (Å²) >= 11 is 0. The van der Waals surface area contributed by atoms with Gasteiger partial charge in [0, 0.05) is 6.92 Å². The quantitative estimate of drug-likeness (QED) is 0.154. The number of likely N-dealkylation sites (N-methyl/N-ethyl adjacent to an activating group) is 1. The summed E-state index contributed by atoms with van der Waals surface area (Å²) in [6, 6.07) is 0. The zero-order valence-corrected chi connectivity index (χ0v) is 17.6. The molecule has 1 aliphatic heterocycles. The Morgan fingerprint density at radius 2 is 1.62 bits per heavy atom. The van der Waals surface area contributed by atoms with Gasteiger partial charge in [-0.05, 0) is 25.3 Å². The largest absolute Gasteiger partial charge is 1.00 e. The number of hydrogen-bond acceptors (Lipinski definition) is 3. The lowest BCUT2D eigenvalue weighted by Gasteiger charge is -2.38. The first kappa shape index (κ1) is 23.4. The van der Waals surface area contributed by atoms with Crippen LogP contribution in [0.5, 0.6) is 0 Å². The van der Waals surface area contributed by atoms with E-state index in [1.807, 2.05) is 11.0 Å². The highest BCUT2D eigenvalue weighted by Gasteiger charge is 2.25. The second kappa shape index (κ2) is 12.7. The first-order valence-corrected chi connectivity index (χ1v) is 8.81. The van der Waals surface area contributed by atoms with Crippen LogP contribution in [0, 0.1) is 0 Å². The van der Waals surface area contributed by atoms with Crippen molar-refractivity contribution in [2.45, 2.75) is 45.4 Å². The molecule has 140 valence electrons. The summed E-state index contributed by atoms with van der Waals surface area (Å²) in [5.41, 5.74) is 0. The molecular weight excluding hydrogens is 419 g/mol. The topological polar surface area (TPSA) is 46.6 Å². The second-order valence-electron chi connectivity index (χ2n) is 7.01. The van der Waals surface area contributed by atoms with Crippen molar-refractivity contribution in [2.24, 2.45) is 0 Å². The maximum absolute atomic E-state index is 12.1. The van der Waals surface area contributed by atoms with Gasteiger partial charge in [0.15, 0.2) is 0 Å². The Labute approximate surface area is 164 Å². The molecule has 1 aliphatic rings. The Hall–Kier alpha value is -0.630. The molecule has 0 atom stereocenters. The number of esters is 1. The average molecular weight is 452 g/mol. The molecule has 1 amide bonds. The zero-order valence-electron chi connectivity index (χ0n) is 15.4. The van der Waals surface area contributed by atoms with Gasteiger partial charge in [-0.1, -0.05) is 25.3 Å². The summed E-state index contributed by atoms with van der Waals surface area (Å²) in [4.78, 5) is 24.6. The Morgan fingerprint density at radius 3 is 2.25 bits per heavy atom. The van der Waals surface area contributed by atoms with Crippen molar-refractivity contribution in [1.29, 1.82) is 0 Å². The molecule has 0 aromatic carbocycles. The third-order valence-corrected chi connectivity index (χ3v) is 4.34. The fourth-order valence-corrected chi connectivity index (χ4v) is 2.63. The van der Waals surface area contributed by atoms with E-state index < -0.39 is 0 Å². The number of ether oxygens (including phenoxy) is 1. The van der Waals surface area contributed by atoms with E-state index in [-0.39, 0.29) is 35.9 Å². The molecule has 1 fully saturated rings. The van der Waals surface area contributed by atoms with Crippen LogP contribution in [-0.2, 0) is 14.3 Å². The average Bonchev–Trinajstić information content (AvgIpc) is 2.48. The number of carbonyl (C=O) groups is 2. The molecule has 0 aromatic heterocycles. The number of halogens is 1. The summed E-state index contributed by atoms with van der Waals surface area (Å²) < 4.78 is 5.90. The number of hydrogen-bond donors (Lipinski definition) is 0. The molecule has 6 heteroatoms. The zero-order chi connectivity index (χ0) is 17.1. The third-order valence-electron chi connectivity index (χ3n) is 4.34. The Morgan fingerprint density at radius 1 is 1.04 bits per heavy atom. The maximum atomic E-state index is 12.1. The number of rotatable bonds is 9. The van der Waals surface area contributed by atoms with Gasteiger partial charge in [-0.25, -0.2) is 0 Å². The molecule has 1 rings (SSSR count). The van der Waals surface area contributed by atoms with Crippen molar-refractivity contribution in [3.05, 3.63) is 12.2 Å². The standard InChI is InChI=1S/C18H33N2O3.HI/c1-17(21)23-16-10-8-6-4-5-7-9-11-18(22)19-12-14-20(2,3)15-13-19;/h9,11H,4-8,10,12-16H2,1-3H3;1H/q+1;/p-1/b11-9+;. The van der Waals surface area contributed by atoms with Crippen molar-refractivity contribution in [3.8, 4) is 0 Å². The van der Waals surface area contributed by atoms with Gasteiger partial charge in [0.2, 0.25) is 5.91 Å². The molecular formula is C18H33IN2O3. The van der Waals surface area contributed by atoms with Crippen LogP contribution in [0.4, 0.5) is 0 Å². The van der Waals surface area contributed by atoms with E-state index in [1.165, 1.54) is 6.92 Å². The minimum atomic E-state index is -0.198. The lowest BCUT2D eigenvalue weighted by atomic mass is 10.1. The highest BCUT2D eigenvalue weighted by Crippen LogP contribution is 2.09. The van der Waals surface area contributed by atoms with E-state index in [2.05, 4.69) is 14.1 Å². The van der Waals surface area contributed by atoms with E-state index in [0.29, 0.717) is 6.61 Å². The molecule has 0 bridgehead atoms. The first-order chi connectivity index (χ1) is 10.9. The maximum Gasteiger partial charge on any atom is 0.302 e. The van der Waals surface area contributed by atoms with Crippen molar-refractivity contribution < 1.29 is 42.8 Å². The Kier molecular flexibility index (Phi) is 12.4.